The molecule has 0 amide bonds. The van der Waals surface area contributed by atoms with Gasteiger partial charge >= 0.3 is 0 Å². The van der Waals surface area contributed by atoms with Crippen molar-refractivity contribution in [2.24, 2.45) is 0 Å². The van der Waals surface area contributed by atoms with Gasteiger partial charge in [-0.05, 0) is 37.1 Å². The second-order valence-corrected chi connectivity index (χ2v) is 7.48. The molecule has 0 saturated carbocycles. The number of nitrogens with one attached hydrogen (secondary N) is 1. The van der Waals surface area contributed by atoms with Crippen molar-refractivity contribution in [1.82, 2.24) is 5.32 Å². The zero-order valence-corrected chi connectivity index (χ0v) is 13.7. The molecule has 0 radical (unpaired) electrons. The highest BCUT2D eigenvalue weighted by atomic mass is 32.2. The topological polar surface area (TPSA) is 49.4 Å². The minimum atomic E-state index is -3.55. The quantitative estimate of drug-likeness (QED) is 0.926. The summed E-state index contributed by atoms with van der Waals surface area (Å²) in [6.45, 7) is 5.58. The first kappa shape index (κ1) is 15.1. The molecule has 0 atom stereocenters. The maximum absolute atomic E-state index is 13.1. The summed E-state index contributed by atoms with van der Waals surface area (Å²) >= 11 is 0. The molecule has 0 fully saturated rings. The first-order chi connectivity index (χ1) is 10.5. The van der Waals surface area contributed by atoms with Gasteiger partial charge in [0.1, 0.15) is 0 Å². The van der Waals surface area contributed by atoms with E-state index in [2.05, 4.69) is 5.32 Å². The lowest BCUT2D eigenvalue weighted by molar-refractivity contribution is 0.589. The summed E-state index contributed by atoms with van der Waals surface area (Å²) < 4.78 is 27.8. The number of sulfonamides is 1. The van der Waals surface area contributed by atoms with E-state index < -0.39 is 10.0 Å². The molecule has 5 heteroatoms. The number of fused-ring (bicyclic) bond motifs is 1. The molecule has 1 aliphatic heterocycles. The Balaban J connectivity index is 2.13. The fourth-order valence-electron chi connectivity index (χ4n) is 2.88. The third-order valence-electron chi connectivity index (χ3n) is 3.97. The van der Waals surface area contributed by atoms with Crippen LogP contribution in [0.5, 0.6) is 0 Å². The highest BCUT2D eigenvalue weighted by Gasteiger charge is 2.28. The standard InChI is InChI=1S/C17H20N2O2S/c1-13-7-8-17(14(2)11-13)22(20,21)19-10-9-18-12-15-5-3-4-6-16(15)19/h3-8,11,18H,9-10,12H2,1-2H3. The smallest absolute Gasteiger partial charge is 0.264 e. The maximum Gasteiger partial charge on any atom is 0.264 e. The Bertz CT molecular complexity index is 800. The molecule has 116 valence electrons. The summed E-state index contributed by atoms with van der Waals surface area (Å²) in [4.78, 5) is 0.384. The summed E-state index contributed by atoms with van der Waals surface area (Å²) in [5.41, 5.74) is 3.63. The van der Waals surface area contributed by atoms with Gasteiger partial charge in [-0.25, -0.2) is 8.42 Å². The van der Waals surface area contributed by atoms with Crippen molar-refractivity contribution in [3.05, 3.63) is 59.2 Å². The molecular weight excluding hydrogens is 296 g/mol. The minimum Gasteiger partial charge on any atom is -0.311 e. The number of anilines is 1. The zero-order valence-electron chi connectivity index (χ0n) is 12.8. The fourth-order valence-corrected chi connectivity index (χ4v) is 4.60. The van der Waals surface area contributed by atoms with E-state index in [-0.39, 0.29) is 0 Å². The summed E-state index contributed by atoms with van der Waals surface area (Å²) in [7, 11) is -3.55. The fraction of sp³-hybridized carbons (Fsp3) is 0.294. The molecule has 0 spiro atoms. The average Bonchev–Trinajstić information content (AvgIpc) is 2.69. The lowest BCUT2D eigenvalue weighted by atomic mass is 10.2. The third-order valence-corrected chi connectivity index (χ3v) is 5.94. The summed E-state index contributed by atoms with van der Waals surface area (Å²) in [6.07, 6.45) is 0. The van der Waals surface area contributed by atoms with Crippen LogP contribution in [0.25, 0.3) is 0 Å². The summed E-state index contributed by atoms with van der Waals surface area (Å²) in [5.74, 6) is 0. The van der Waals surface area contributed by atoms with Gasteiger partial charge in [-0.2, -0.15) is 0 Å². The number of benzene rings is 2. The molecule has 3 rings (SSSR count). The number of para-hydroxylation sites is 1. The van der Waals surface area contributed by atoms with Gasteiger partial charge in [-0.3, -0.25) is 4.31 Å². The Morgan fingerprint density at radius 1 is 1.09 bits per heavy atom. The van der Waals surface area contributed by atoms with Crippen LogP contribution in [-0.4, -0.2) is 21.5 Å². The molecule has 0 bridgehead atoms. The molecule has 1 aliphatic rings. The first-order valence-electron chi connectivity index (χ1n) is 7.39. The second kappa shape index (κ2) is 5.74. The Morgan fingerprint density at radius 3 is 2.64 bits per heavy atom. The molecule has 0 saturated heterocycles. The van der Waals surface area contributed by atoms with Gasteiger partial charge in [-0.1, -0.05) is 35.9 Å². The number of aryl methyl sites for hydroxylation is 2. The van der Waals surface area contributed by atoms with Crippen molar-refractivity contribution < 1.29 is 8.42 Å². The van der Waals surface area contributed by atoms with E-state index in [1.807, 2.05) is 50.2 Å². The van der Waals surface area contributed by atoms with Gasteiger partial charge in [-0.15, -0.1) is 0 Å². The molecule has 22 heavy (non-hydrogen) atoms. The first-order valence-corrected chi connectivity index (χ1v) is 8.83. The summed E-state index contributed by atoms with van der Waals surface area (Å²) in [6, 6.07) is 13.1. The Hall–Kier alpha value is -1.85. The van der Waals surface area contributed by atoms with Gasteiger partial charge in [0.05, 0.1) is 10.6 Å². The molecular formula is C17H20N2O2S. The SMILES string of the molecule is Cc1ccc(S(=O)(=O)N2CCNCc3ccccc32)c(C)c1. The lowest BCUT2D eigenvalue weighted by Crippen LogP contribution is -2.35. The van der Waals surface area contributed by atoms with Gasteiger partial charge in [0.25, 0.3) is 10.0 Å². The van der Waals surface area contributed by atoms with E-state index in [1.165, 1.54) is 4.31 Å². The van der Waals surface area contributed by atoms with Crippen LogP contribution in [0.4, 0.5) is 5.69 Å². The zero-order chi connectivity index (χ0) is 15.7. The van der Waals surface area contributed by atoms with Gasteiger partial charge in [0, 0.05) is 19.6 Å². The minimum absolute atomic E-state index is 0.384. The largest absolute Gasteiger partial charge is 0.311 e. The molecule has 0 aliphatic carbocycles. The highest BCUT2D eigenvalue weighted by molar-refractivity contribution is 7.92. The number of rotatable bonds is 2. The molecule has 2 aromatic carbocycles. The van der Waals surface area contributed by atoms with Crippen LogP contribution in [0.2, 0.25) is 0 Å². The van der Waals surface area contributed by atoms with Crippen molar-refractivity contribution in [2.45, 2.75) is 25.3 Å². The predicted molar refractivity (Wildman–Crippen MR) is 88.6 cm³/mol. The van der Waals surface area contributed by atoms with Crippen molar-refractivity contribution in [3.63, 3.8) is 0 Å². The van der Waals surface area contributed by atoms with Crippen LogP contribution in [-0.2, 0) is 16.6 Å². The van der Waals surface area contributed by atoms with Crippen molar-refractivity contribution in [2.75, 3.05) is 17.4 Å². The number of hydrogen-bond donors (Lipinski definition) is 1. The van der Waals surface area contributed by atoms with Gasteiger partial charge < -0.3 is 5.32 Å². The normalized spacial score (nSPS) is 15.3. The second-order valence-electron chi connectivity index (χ2n) is 5.65. The predicted octanol–water partition coefficient (Wildman–Crippen LogP) is 2.60. The van der Waals surface area contributed by atoms with E-state index in [4.69, 9.17) is 0 Å². The Labute approximate surface area is 131 Å². The van der Waals surface area contributed by atoms with Crippen LogP contribution in [0.1, 0.15) is 16.7 Å². The Morgan fingerprint density at radius 2 is 1.86 bits per heavy atom. The molecule has 1 heterocycles. The number of nitrogens with zero attached hydrogens (tertiary/aromatic N) is 1. The third kappa shape index (κ3) is 2.62. The van der Waals surface area contributed by atoms with Gasteiger partial charge in [0.2, 0.25) is 0 Å². The maximum atomic E-state index is 13.1. The van der Waals surface area contributed by atoms with E-state index in [0.717, 1.165) is 22.4 Å². The van der Waals surface area contributed by atoms with Crippen molar-refractivity contribution in [1.29, 1.82) is 0 Å². The van der Waals surface area contributed by atoms with Crippen LogP contribution < -0.4 is 9.62 Å². The lowest BCUT2D eigenvalue weighted by Gasteiger charge is -2.25. The molecule has 0 unspecified atom stereocenters. The van der Waals surface area contributed by atoms with Crippen LogP contribution in [0.3, 0.4) is 0 Å². The molecule has 4 nitrogen and oxygen atoms in total. The van der Waals surface area contributed by atoms with E-state index in [1.54, 1.807) is 6.07 Å². The van der Waals surface area contributed by atoms with E-state index >= 15 is 0 Å². The number of hydrogen-bond acceptors (Lipinski definition) is 3. The Kier molecular flexibility index (Phi) is 3.93. The van der Waals surface area contributed by atoms with Crippen molar-refractivity contribution >= 4 is 15.7 Å². The van der Waals surface area contributed by atoms with Crippen LogP contribution in [0, 0.1) is 13.8 Å². The van der Waals surface area contributed by atoms with Crippen LogP contribution in [0.15, 0.2) is 47.4 Å². The molecule has 1 N–H and O–H groups in total. The van der Waals surface area contributed by atoms with Crippen LogP contribution >= 0.6 is 0 Å². The summed E-state index contributed by atoms with van der Waals surface area (Å²) in [5, 5.41) is 3.27. The monoisotopic (exact) mass is 316 g/mol. The van der Waals surface area contributed by atoms with E-state index in [9.17, 15) is 8.42 Å². The average molecular weight is 316 g/mol. The van der Waals surface area contributed by atoms with Gasteiger partial charge in [0.15, 0.2) is 0 Å². The van der Waals surface area contributed by atoms with E-state index in [0.29, 0.717) is 24.5 Å². The molecule has 0 aromatic heterocycles. The molecule has 2 aromatic rings. The highest BCUT2D eigenvalue weighted by Crippen LogP contribution is 2.29. The van der Waals surface area contributed by atoms with Crippen molar-refractivity contribution in [3.8, 4) is 0 Å².